The lowest BCUT2D eigenvalue weighted by atomic mass is 9.94. The van der Waals surface area contributed by atoms with Crippen molar-refractivity contribution in [2.75, 3.05) is 32.8 Å². The van der Waals surface area contributed by atoms with Crippen molar-refractivity contribution < 1.29 is 14.9 Å². The minimum atomic E-state index is -0.946. The van der Waals surface area contributed by atoms with Gasteiger partial charge in [-0.3, -0.25) is 4.90 Å². The van der Waals surface area contributed by atoms with Gasteiger partial charge in [0.2, 0.25) is 0 Å². The van der Waals surface area contributed by atoms with E-state index in [9.17, 15) is 10.2 Å². The molecular weight excluding hydrogens is 266 g/mol. The SMILES string of the molecule is OCC1(O)CCCN(CCOc2ccc(Cl)cc2)C1. The Hall–Kier alpha value is -0.810. The molecule has 0 spiro atoms. The summed E-state index contributed by atoms with van der Waals surface area (Å²) in [5.41, 5.74) is -0.946. The molecule has 1 saturated heterocycles. The van der Waals surface area contributed by atoms with Crippen LogP contribution in [0.4, 0.5) is 0 Å². The molecule has 1 aliphatic rings. The second-order valence-corrected chi connectivity index (χ2v) is 5.50. The van der Waals surface area contributed by atoms with E-state index >= 15 is 0 Å². The molecule has 0 bridgehead atoms. The van der Waals surface area contributed by atoms with Crippen LogP contribution in [0.1, 0.15) is 12.8 Å². The Balaban J connectivity index is 1.75. The summed E-state index contributed by atoms with van der Waals surface area (Å²) in [5, 5.41) is 19.9. The van der Waals surface area contributed by atoms with Crippen molar-refractivity contribution in [2.24, 2.45) is 0 Å². The van der Waals surface area contributed by atoms with E-state index in [0.717, 1.165) is 25.3 Å². The zero-order valence-corrected chi connectivity index (χ0v) is 11.6. The molecule has 1 unspecified atom stereocenters. The molecular formula is C14H20ClNO3. The summed E-state index contributed by atoms with van der Waals surface area (Å²) in [6.45, 7) is 2.56. The smallest absolute Gasteiger partial charge is 0.119 e. The monoisotopic (exact) mass is 285 g/mol. The Morgan fingerprint density at radius 2 is 2.05 bits per heavy atom. The zero-order chi connectivity index (χ0) is 13.7. The Bertz CT molecular complexity index is 398. The predicted octanol–water partition coefficient (Wildman–Crippen LogP) is 1.54. The Morgan fingerprint density at radius 3 is 2.74 bits per heavy atom. The summed E-state index contributed by atoms with van der Waals surface area (Å²) in [4.78, 5) is 2.12. The van der Waals surface area contributed by atoms with Crippen molar-refractivity contribution in [3.05, 3.63) is 29.3 Å². The van der Waals surface area contributed by atoms with Gasteiger partial charge in [-0.05, 0) is 43.7 Å². The highest BCUT2D eigenvalue weighted by Crippen LogP contribution is 2.20. The van der Waals surface area contributed by atoms with E-state index in [4.69, 9.17) is 16.3 Å². The maximum absolute atomic E-state index is 10.1. The maximum atomic E-state index is 10.1. The van der Waals surface area contributed by atoms with E-state index < -0.39 is 5.60 Å². The standard InChI is InChI=1S/C14H20ClNO3/c15-12-2-4-13(5-3-12)19-9-8-16-7-1-6-14(18,10-16)11-17/h2-5,17-18H,1,6-11H2. The second kappa shape index (κ2) is 6.57. The third kappa shape index (κ3) is 4.35. The zero-order valence-electron chi connectivity index (χ0n) is 10.9. The number of piperidine rings is 1. The van der Waals surface area contributed by atoms with Crippen LogP contribution in [0, 0.1) is 0 Å². The fourth-order valence-corrected chi connectivity index (χ4v) is 2.48. The van der Waals surface area contributed by atoms with Crippen LogP contribution in [0.25, 0.3) is 0 Å². The van der Waals surface area contributed by atoms with Gasteiger partial charge in [0.15, 0.2) is 0 Å². The lowest BCUT2D eigenvalue weighted by molar-refractivity contribution is -0.0683. The van der Waals surface area contributed by atoms with Crippen molar-refractivity contribution in [3.63, 3.8) is 0 Å². The predicted molar refractivity (Wildman–Crippen MR) is 74.7 cm³/mol. The Kier molecular flexibility index (Phi) is 5.05. The van der Waals surface area contributed by atoms with Crippen molar-refractivity contribution in [1.29, 1.82) is 0 Å². The molecule has 0 saturated carbocycles. The van der Waals surface area contributed by atoms with Gasteiger partial charge in [0.25, 0.3) is 0 Å². The van der Waals surface area contributed by atoms with Crippen LogP contribution in [-0.2, 0) is 0 Å². The number of rotatable bonds is 5. The van der Waals surface area contributed by atoms with Crippen molar-refractivity contribution in [1.82, 2.24) is 4.90 Å². The Labute approximate surface area is 118 Å². The van der Waals surface area contributed by atoms with Crippen LogP contribution in [0.15, 0.2) is 24.3 Å². The van der Waals surface area contributed by atoms with Gasteiger partial charge >= 0.3 is 0 Å². The highest BCUT2D eigenvalue weighted by atomic mass is 35.5. The molecule has 1 atom stereocenters. The van der Waals surface area contributed by atoms with E-state index in [2.05, 4.69) is 4.90 Å². The first kappa shape index (κ1) is 14.6. The third-order valence-electron chi connectivity index (χ3n) is 3.42. The Morgan fingerprint density at radius 1 is 1.32 bits per heavy atom. The number of aliphatic hydroxyl groups is 2. The number of aliphatic hydroxyl groups excluding tert-OH is 1. The molecule has 106 valence electrons. The number of benzene rings is 1. The van der Waals surface area contributed by atoms with E-state index in [1.54, 1.807) is 12.1 Å². The average Bonchev–Trinajstić information content (AvgIpc) is 2.41. The molecule has 4 nitrogen and oxygen atoms in total. The first-order valence-electron chi connectivity index (χ1n) is 6.55. The summed E-state index contributed by atoms with van der Waals surface area (Å²) in [7, 11) is 0. The van der Waals surface area contributed by atoms with Crippen LogP contribution < -0.4 is 4.74 Å². The molecule has 5 heteroatoms. The molecule has 1 aromatic rings. The molecule has 19 heavy (non-hydrogen) atoms. The number of likely N-dealkylation sites (tertiary alicyclic amines) is 1. The van der Waals surface area contributed by atoms with E-state index in [-0.39, 0.29) is 6.61 Å². The average molecular weight is 286 g/mol. The normalized spacial score (nSPS) is 24.4. The number of hydrogen-bond donors (Lipinski definition) is 2. The molecule has 2 rings (SSSR count). The van der Waals surface area contributed by atoms with Crippen LogP contribution in [0.5, 0.6) is 5.75 Å². The number of hydrogen-bond acceptors (Lipinski definition) is 4. The van der Waals surface area contributed by atoms with Crippen molar-refractivity contribution in [3.8, 4) is 5.75 Å². The van der Waals surface area contributed by atoms with E-state index in [1.807, 2.05) is 12.1 Å². The number of ether oxygens (including phenoxy) is 1. The summed E-state index contributed by atoms with van der Waals surface area (Å²) in [5.74, 6) is 0.791. The summed E-state index contributed by atoms with van der Waals surface area (Å²) in [6.07, 6.45) is 1.57. The van der Waals surface area contributed by atoms with Gasteiger partial charge in [0, 0.05) is 18.1 Å². The van der Waals surface area contributed by atoms with Gasteiger partial charge in [-0.15, -0.1) is 0 Å². The van der Waals surface area contributed by atoms with Crippen LogP contribution >= 0.6 is 11.6 Å². The fraction of sp³-hybridized carbons (Fsp3) is 0.571. The molecule has 1 fully saturated rings. The second-order valence-electron chi connectivity index (χ2n) is 5.06. The number of halogens is 1. The van der Waals surface area contributed by atoms with Crippen molar-refractivity contribution in [2.45, 2.75) is 18.4 Å². The van der Waals surface area contributed by atoms with Crippen LogP contribution in [-0.4, -0.2) is 53.6 Å². The van der Waals surface area contributed by atoms with Gasteiger partial charge in [0.1, 0.15) is 18.0 Å². The number of nitrogens with zero attached hydrogens (tertiary/aromatic N) is 1. The van der Waals surface area contributed by atoms with E-state index in [0.29, 0.717) is 24.6 Å². The molecule has 1 heterocycles. The largest absolute Gasteiger partial charge is 0.492 e. The minimum absolute atomic E-state index is 0.179. The molecule has 2 N–H and O–H groups in total. The minimum Gasteiger partial charge on any atom is -0.492 e. The third-order valence-corrected chi connectivity index (χ3v) is 3.67. The highest BCUT2D eigenvalue weighted by Gasteiger charge is 2.32. The quantitative estimate of drug-likeness (QED) is 0.862. The van der Waals surface area contributed by atoms with Crippen LogP contribution in [0.2, 0.25) is 5.02 Å². The summed E-state index contributed by atoms with van der Waals surface area (Å²) < 4.78 is 5.62. The molecule has 0 radical (unpaired) electrons. The summed E-state index contributed by atoms with van der Waals surface area (Å²) in [6, 6.07) is 7.26. The van der Waals surface area contributed by atoms with Gasteiger partial charge < -0.3 is 14.9 Å². The fourth-order valence-electron chi connectivity index (χ4n) is 2.35. The van der Waals surface area contributed by atoms with Gasteiger partial charge in [-0.2, -0.15) is 0 Å². The maximum Gasteiger partial charge on any atom is 0.119 e. The van der Waals surface area contributed by atoms with Crippen LogP contribution in [0.3, 0.4) is 0 Å². The first-order valence-corrected chi connectivity index (χ1v) is 6.93. The topological polar surface area (TPSA) is 52.9 Å². The van der Waals surface area contributed by atoms with Gasteiger partial charge in [0.05, 0.1) is 6.61 Å². The van der Waals surface area contributed by atoms with Gasteiger partial charge in [-0.1, -0.05) is 11.6 Å². The number of β-amino-alcohol motifs (C(OH)–C–C–N with tert-alkyl or cyclic N) is 1. The molecule has 0 amide bonds. The highest BCUT2D eigenvalue weighted by molar-refractivity contribution is 6.30. The van der Waals surface area contributed by atoms with Gasteiger partial charge in [-0.25, -0.2) is 0 Å². The lowest BCUT2D eigenvalue weighted by Gasteiger charge is -2.37. The molecule has 1 aromatic carbocycles. The molecule has 0 aromatic heterocycles. The molecule has 1 aliphatic heterocycles. The summed E-state index contributed by atoms with van der Waals surface area (Å²) >= 11 is 5.80. The lowest BCUT2D eigenvalue weighted by Crippen LogP contribution is -2.51. The van der Waals surface area contributed by atoms with Crippen molar-refractivity contribution >= 4 is 11.6 Å². The van der Waals surface area contributed by atoms with E-state index in [1.165, 1.54) is 0 Å². The first-order chi connectivity index (χ1) is 9.11. The molecule has 0 aliphatic carbocycles.